The van der Waals surface area contributed by atoms with Crippen LogP contribution in [0.4, 0.5) is 5.69 Å². The molecule has 0 aliphatic carbocycles. The number of halogens is 1. The molecule has 0 unspecified atom stereocenters. The zero-order valence-corrected chi connectivity index (χ0v) is 12.6. The summed E-state index contributed by atoms with van der Waals surface area (Å²) < 4.78 is 0. The standard InChI is InChI=1S/C16H15ClN2O2/c1-16(2)14-6-11(17)3-4-13(14)15(21)19(16)12-5-10(9-20)7-18-8-12/h3-8,20H,9H2,1-2H3. The van der Waals surface area contributed by atoms with Crippen molar-refractivity contribution < 1.29 is 9.90 Å². The van der Waals surface area contributed by atoms with Gasteiger partial charge >= 0.3 is 0 Å². The molecule has 3 rings (SSSR count). The molecule has 4 nitrogen and oxygen atoms in total. The molecule has 0 bridgehead atoms. The fourth-order valence-electron chi connectivity index (χ4n) is 2.83. The highest BCUT2D eigenvalue weighted by Gasteiger charge is 2.44. The molecule has 1 N–H and O–H groups in total. The average molecular weight is 303 g/mol. The Morgan fingerprint density at radius 1 is 1.29 bits per heavy atom. The summed E-state index contributed by atoms with van der Waals surface area (Å²) in [5.41, 5.74) is 2.37. The Bertz CT molecular complexity index is 728. The molecule has 0 fully saturated rings. The molecule has 0 saturated heterocycles. The molecule has 1 aromatic heterocycles. The minimum absolute atomic E-state index is 0.0800. The van der Waals surface area contributed by atoms with Gasteiger partial charge in [0.25, 0.3) is 5.91 Å². The van der Waals surface area contributed by atoms with Gasteiger partial charge in [-0.15, -0.1) is 0 Å². The molecule has 0 atom stereocenters. The monoisotopic (exact) mass is 302 g/mol. The van der Waals surface area contributed by atoms with Gasteiger partial charge in [-0.1, -0.05) is 11.6 Å². The normalized spacial score (nSPS) is 16.2. The fourth-order valence-corrected chi connectivity index (χ4v) is 3.00. The smallest absolute Gasteiger partial charge is 0.259 e. The Labute approximate surface area is 128 Å². The molecule has 21 heavy (non-hydrogen) atoms. The molecule has 1 aliphatic rings. The lowest BCUT2D eigenvalue weighted by Gasteiger charge is -2.32. The maximum atomic E-state index is 12.7. The second kappa shape index (κ2) is 4.83. The van der Waals surface area contributed by atoms with Crippen molar-refractivity contribution in [3.05, 3.63) is 58.4 Å². The van der Waals surface area contributed by atoms with E-state index < -0.39 is 5.54 Å². The number of carbonyl (C=O) groups excluding carboxylic acids is 1. The van der Waals surface area contributed by atoms with Crippen LogP contribution in [0.15, 0.2) is 36.7 Å². The number of anilines is 1. The quantitative estimate of drug-likeness (QED) is 0.927. The van der Waals surface area contributed by atoms with Gasteiger partial charge < -0.3 is 5.11 Å². The van der Waals surface area contributed by atoms with Gasteiger partial charge in [0.2, 0.25) is 0 Å². The molecule has 108 valence electrons. The molecular formula is C16H15ClN2O2. The van der Waals surface area contributed by atoms with Crippen molar-refractivity contribution in [2.24, 2.45) is 0 Å². The van der Waals surface area contributed by atoms with Crippen LogP contribution in [0.2, 0.25) is 5.02 Å². The molecule has 0 spiro atoms. The first-order valence-electron chi connectivity index (χ1n) is 6.64. The molecule has 1 aliphatic heterocycles. The van der Waals surface area contributed by atoms with Crippen molar-refractivity contribution in [2.75, 3.05) is 4.90 Å². The van der Waals surface area contributed by atoms with Crippen LogP contribution < -0.4 is 4.90 Å². The largest absolute Gasteiger partial charge is 0.392 e. The van der Waals surface area contributed by atoms with E-state index in [1.54, 1.807) is 35.5 Å². The SMILES string of the molecule is CC1(C)c2cc(Cl)ccc2C(=O)N1c1cncc(CO)c1. The van der Waals surface area contributed by atoms with Crippen molar-refractivity contribution in [3.63, 3.8) is 0 Å². The van der Waals surface area contributed by atoms with Crippen LogP contribution >= 0.6 is 11.6 Å². The summed E-state index contributed by atoms with van der Waals surface area (Å²) in [6.07, 6.45) is 3.22. The van der Waals surface area contributed by atoms with Gasteiger partial charge in [0.05, 0.1) is 24.0 Å². The van der Waals surface area contributed by atoms with Gasteiger partial charge in [-0.3, -0.25) is 14.7 Å². The molecule has 0 saturated carbocycles. The highest BCUT2D eigenvalue weighted by atomic mass is 35.5. The average Bonchev–Trinajstić information content (AvgIpc) is 2.66. The minimum Gasteiger partial charge on any atom is -0.392 e. The zero-order valence-electron chi connectivity index (χ0n) is 11.8. The number of aliphatic hydroxyl groups is 1. The maximum Gasteiger partial charge on any atom is 0.259 e. The minimum atomic E-state index is -0.521. The number of rotatable bonds is 2. The van der Waals surface area contributed by atoms with E-state index in [1.165, 1.54) is 0 Å². The van der Waals surface area contributed by atoms with Crippen molar-refractivity contribution in [1.29, 1.82) is 0 Å². The Morgan fingerprint density at radius 2 is 2.05 bits per heavy atom. The number of pyridine rings is 1. The first-order valence-corrected chi connectivity index (χ1v) is 7.02. The van der Waals surface area contributed by atoms with Crippen molar-refractivity contribution >= 4 is 23.2 Å². The number of fused-ring (bicyclic) bond motifs is 1. The number of amides is 1. The molecule has 2 heterocycles. The highest BCUT2D eigenvalue weighted by molar-refractivity contribution is 6.31. The van der Waals surface area contributed by atoms with E-state index in [9.17, 15) is 9.90 Å². The third kappa shape index (κ3) is 2.11. The molecule has 5 heteroatoms. The second-order valence-corrected chi connectivity index (χ2v) is 6.04. The first-order chi connectivity index (χ1) is 9.95. The Hall–Kier alpha value is -1.91. The summed E-state index contributed by atoms with van der Waals surface area (Å²) in [6, 6.07) is 7.09. The second-order valence-electron chi connectivity index (χ2n) is 5.60. The van der Waals surface area contributed by atoms with E-state index in [2.05, 4.69) is 4.98 Å². The van der Waals surface area contributed by atoms with E-state index >= 15 is 0 Å². The van der Waals surface area contributed by atoms with Gasteiger partial charge in [0.15, 0.2) is 0 Å². The fraction of sp³-hybridized carbons (Fsp3) is 0.250. The van der Waals surface area contributed by atoms with Crippen LogP contribution in [0.1, 0.15) is 35.3 Å². The number of nitrogens with zero attached hydrogens (tertiary/aromatic N) is 2. The lowest BCUT2D eigenvalue weighted by molar-refractivity contribution is 0.0982. The summed E-state index contributed by atoms with van der Waals surface area (Å²) >= 11 is 6.06. The van der Waals surface area contributed by atoms with Gasteiger partial charge in [0.1, 0.15) is 0 Å². The van der Waals surface area contributed by atoms with Gasteiger partial charge in [-0.05, 0) is 49.2 Å². The zero-order chi connectivity index (χ0) is 15.2. The third-order valence-corrected chi connectivity index (χ3v) is 4.09. The number of hydrogen-bond acceptors (Lipinski definition) is 3. The van der Waals surface area contributed by atoms with Gasteiger partial charge in [-0.25, -0.2) is 0 Å². The predicted molar refractivity (Wildman–Crippen MR) is 81.4 cm³/mol. The molecule has 0 radical (unpaired) electrons. The van der Waals surface area contributed by atoms with E-state index in [0.717, 1.165) is 5.56 Å². The lowest BCUT2D eigenvalue weighted by Crippen LogP contribution is -2.39. The number of aliphatic hydroxyl groups excluding tert-OH is 1. The number of aromatic nitrogens is 1. The van der Waals surface area contributed by atoms with E-state index in [-0.39, 0.29) is 12.5 Å². The van der Waals surface area contributed by atoms with Gasteiger partial charge in [0, 0.05) is 16.8 Å². The third-order valence-electron chi connectivity index (χ3n) is 3.85. The van der Waals surface area contributed by atoms with E-state index in [0.29, 0.717) is 21.8 Å². The van der Waals surface area contributed by atoms with Crippen molar-refractivity contribution in [2.45, 2.75) is 26.0 Å². The van der Waals surface area contributed by atoms with Crippen LogP contribution in [0.25, 0.3) is 0 Å². The summed E-state index contributed by atoms with van der Waals surface area (Å²) in [5.74, 6) is -0.0800. The number of hydrogen-bond donors (Lipinski definition) is 1. The van der Waals surface area contributed by atoms with Crippen LogP contribution in [-0.4, -0.2) is 16.0 Å². The Kier molecular flexibility index (Phi) is 3.23. The number of benzene rings is 1. The summed E-state index contributed by atoms with van der Waals surface area (Å²) in [5, 5.41) is 9.86. The first kappa shape index (κ1) is 14.0. The Balaban J connectivity index is 2.15. The van der Waals surface area contributed by atoms with Crippen molar-refractivity contribution in [1.82, 2.24) is 4.98 Å². The maximum absolute atomic E-state index is 12.7. The molecule has 1 amide bonds. The Morgan fingerprint density at radius 3 is 2.76 bits per heavy atom. The molecule has 1 aromatic carbocycles. The van der Waals surface area contributed by atoms with E-state index in [4.69, 9.17) is 11.6 Å². The van der Waals surface area contributed by atoms with Gasteiger partial charge in [-0.2, -0.15) is 0 Å². The van der Waals surface area contributed by atoms with Crippen LogP contribution in [-0.2, 0) is 12.1 Å². The summed E-state index contributed by atoms with van der Waals surface area (Å²) in [4.78, 5) is 18.5. The predicted octanol–water partition coefficient (Wildman–Crippen LogP) is 3.12. The molecule has 2 aromatic rings. The van der Waals surface area contributed by atoms with Crippen LogP contribution in [0.3, 0.4) is 0 Å². The van der Waals surface area contributed by atoms with Crippen LogP contribution in [0, 0.1) is 0 Å². The lowest BCUT2D eigenvalue weighted by atomic mass is 9.93. The van der Waals surface area contributed by atoms with E-state index in [1.807, 2.05) is 19.9 Å². The molecular weight excluding hydrogens is 288 g/mol. The number of carbonyl (C=O) groups is 1. The topological polar surface area (TPSA) is 53.4 Å². The summed E-state index contributed by atoms with van der Waals surface area (Å²) in [7, 11) is 0. The summed E-state index contributed by atoms with van der Waals surface area (Å²) in [6.45, 7) is 3.83. The van der Waals surface area contributed by atoms with Crippen LogP contribution in [0.5, 0.6) is 0 Å². The van der Waals surface area contributed by atoms with Crippen molar-refractivity contribution in [3.8, 4) is 0 Å². The highest BCUT2D eigenvalue weighted by Crippen LogP contribution is 2.42.